The fourth-order valence-corrected chi connectivity index (χ4v) is 2.74. The van der Waals surface area contributed by atoms with E-state index >= 15 is 0 Å². The van der Waals surface area contributed by atoms with Crippen molar-refractivity contribution in [1.29, 1.82) is 0 Å². The summed E-state index contributed by atoms with van der Waals surface area (Å²) in [5.74, 6) is 0.853. The third-order valence-corrected chi connectivity index (χ3v) is 4.01. The van der Waals surface area contributed by atoms with Gasteiger partial charge in [0.1, 0.15) is 5.82 Å². The standard InChI is InChI=1S/C13H11BrClN3O/c14-9-1-2-11(15)10(7-9)13(19)18-6-5-17-4-3-16-12(17)8-18/h1-4,7H,5-6,8H2. The maximum Gasteiger partial charge on any atom is 0.255 e. The van der Waals surface area contributed by atoms with Gasteiger partial charge in [-0.25, -0.2) is 4.98 Å². The van der Waals surface area contributed by atoms with Crippen LogP contribution in [0.4, 0.5) is 0 Å². The molecule has 0 unspecified atom stereocenters. The van der Waals surface area contributed by atoms with Crippen LogP contribution in [0.3, 0.4) is 0 Å². The van der Waals surface area contributed by atoms with E-state index in [-0.39, 0.29) is 5.91 Å². The first-order chi connectivity index (χ1) is 9.15. The number of fused-ring (bicyclic) bond motifs is 1. The number of imidazole rings is 1. The van der Waals surface area contributed by atoms with Gasteiger partial charge in [0.15, 0.2) is 0 Å². The zero-order chi connectivity index (χ0) is 13.4. The second-order valence-corrected chi connectivity index (χ2v) is 5.71. The average molecular weight is 341 g/mol. The van der Waals surface area contributed by atoms with Crippen molar-refractivity contribution in [2.45, 2.75) is 13.1 Å². The number of halogens is 2. The summed E-state index contributed by atoms with van der Waals surface area (Å²) in [6.07, 6.45) is 3.69. The Morgan fingerprint density at radius 2 is 2.21 bits per heavy atom. The molecule has 2 aromatic rings. The summed E-state index contributed by atoms with van der Waals surface area (Å²) in [4.78, 5) is 18.5. The third kappa shape index (κ3) is 2.40. The molecule has 19 heavy (non-hydrogen) atoms. The van der Waals surface area contributed by atoms with Crippen molar-refractivity contribution in [2.24, 2.45) is 0 Å². The fourth-order valence-electron chi connectivity index (χ4n) is 2.18. The Hall–Kier alpha value is -1.33. The molecule has 3 rings (SSSR count). The quantitative estimate of drug-likeness (QED) is 0.800. The molecule has 0 bridgehead atoms. The number of amides is 1. The highest BCUT2D eigenvalue weighted by Gasteiger charge is 2.23. The van der Waals surface area contributed by atoms with Crippen molar-refractivity contribution in [3.63, 3.8) is 0 Å². The van der Waals surface area contributed by atoms with E-state index in [0.717, 1.165) is 16.8 Å². The normalized spacial score (nSPS) is 14.3. The van der Waals surface area contributed by atoms with E-state index in [1.165, 1.54) is 0 Å². The molecule has 98 valence electrons. The van der Waals surface area contributed by atoms with E-state index in [2.05, 4.69) is 25.5 Å². The Balaban J connectivity index is 1.87. The number of benzene rings is 1. The van der Waals surface area contributed by atoms with Crippen molar-refractivity contribution in [2.75, 3.05) is 6.54 Å². The van der Waals surface area contributed by atoms with Crippen LogP contribution >= 0.6 is 27.5 Å². The Kier molecular flexibility index (Phi) is 3.33. The van der Waals surface area contributed by atoms with Crippen LogP contribution in [0, 0.1) is 0 Å². The van der Waals surface area contributed by atoms with Gasteiger partial charge in [0.2, 0.25) is 0 Å². The molecule has 1 aromatic carbocycles. The number of hydrogen-bond donors (Lipinski definition) is 0. The monoisotopic (exact) mass is 339 g/mol. The van der Waals surface area contributed by atoms with E-state index in [1.54, 1.807) is 23.2 Å². The molecule has 0 saturated heterocycles. The predicted octanol–water partition coefficient (Wildman–Crippen LogP) is 2.96. The van der Waals surface area contributed by atoms with E-state index in [4.69, 9.17) is 11.6 Å². The lowest BCUT2D eigenvalue weighted by molar-refractivity contribution is 0.0707. The van der Waals surface area contributed by atoms with Gasteiger partial charge >= 0.3 is 0 Å². The lowest BCUT2D eigenvalue weighted by Crippen LogP contribution is -2.38. The van der Waals surface area contributed by atoms with Gasteiger partial charge in [-0.1, -0.05) is 27.5 Å². The van der Waals surface area contributed by atoms with Crippen molar-refractivity contribution < 1.29 is 4.79 Å². The molecule has 6 heteroatoms. The summed E-state index contributed by atoms with van der Waals surface area (Å²) >= 11 is 9.46. The Bertz CT molecular complexity index is 641. The number of aromatic nitrogens is 2. The molecule has 1 amide bonds. The SMILES string of the molecule is O=C(c1cc(Br)ccc1Cl)N1CCn2ccnc2C1. The van der Waals surface area contributed by atoms with Crippen LogP contribution in [0.1, 0.15) is 16.2 Å². The first kappa shape index (κ1) is 12.7. The number of rotatable bonds is 1. The molecule has 0 aliphatic carbocycles. The summed E-state index contributed by atoms with van der Waals surface area (Å²) in [6, 6.07) is 5.30. The molecule has 0 saturated carbocycles. The van der Waals surface area contributed by atoms with Crippen molar-refractivity contribution in [3.05, 3.63) is 51.5 Å². The molecule has 1 aliphatic rings. The van der Waals surface area contributed by atoms with Gasteiger partial charge in [0.05, 0.1) is 17.1 Å². The maximum absolute atomic E-state index is 12.5. The molecular formula is C13H11BrClN3O. The minimum Gasteiger partial charge on any atom is -0.332 e. The summed E-state index contributed by atoms with van der Waals surface area (Å²) < 4.78 is 2.91. The lowest BCUT2D eigenvalue weighted by atomic mass is 10.2. The number of hydrogen-bond acceptors (Lipinski definition) is 2. The summed E-state index contributed by atoms with van der Waals surface area (Å²) in [5.41, 5.74) is 0.524. The summed E-state index contributed by atoms with van der Waals surface area (Å²) in [6.45, 7) is 1.96. The lowest BCUT2D eigenvalue weighted by Gasteiger charge is -2.28. The highest BCUT2D eigenvalue weighted by molar-refractivity contribution is 9.10. The van der Waals surface area contributed by atoms with Crippen LogP contribution < -0.4 is 0 Å². The van der Waals surface area contributed by atoms with E-state index in [0.29, 0.717) is 23.7 Å². The van der Waals surface area contributed by atoms with Gasteiger partial charge < -0.3 is 9.47 Å². The highest BCUT2D eigenvalue weighted by atomic mass is 79.9. The second kappa shape index (κ2) is 4.98. The number of carbonyl (C=O) groups excluding carboxylic acids is 1. The van der Waals surface area contributed by atoms with Crippen LogP contribution in [0.5, 0.6) is 0 Å². The molecule has 0 spiro atoms. The fraction of sp³-hybridized carbons (Fsp3) is 0.231. The first-order valence-corrected chi connectivity index (χ1v) is 7.06. The van der Waals surface area contributed by atoms with Crippen LogP contribution in [0.2, 0.25) is 5.02 Å². The van der Waals surface area contributed by atoms with Crippen LogP contribution in [-0.2, 0) is 13.1 Å². The molecular weight excluding hydrogens is 330 g/mol. The largest absolute Gasteiger partial charge is 0.332 e. The number of carbonyl (C=O) groups is 1. The van der Waals surface area contributed by atoms with Gasteiger partial charge in [-0.15, -0.1) is 0 Å². The van der Waals surface area contributed by atoms with Crippen molar-refractivity contribution in [3.8, 4) is 0 Å². The Morgan fingerprint density at radius 1 is 1.37 bits per heavy atom. The van der Waals surface area contributed by atoms with Crippen LogP contribution in [-0.4, -0.2) is 26.9 Å². The van der Waals surface area contributed by atoms with Gasteiger partial charge in [-0.2, -0.15) is 0 Å². The first-order valence-electron chi connectivity index (χ1n) is 5.89. The molecule has 0 radical (unpaired) electrons. The number of nitrogens with zero attached hydrogens (tertiary/aromatic N) is 3. The van der Waals surface area contributed by atoms with Gasteiger partial charge in [0.25, 0.3) is 5.91 Å². The van der Waals surface area contributed by atoms with E-state index in [1.807, 2.05) is 12.3 Å². The molecule has 0 N–H and O–H groups in total. The summed E-state index contributed by atoms with van der Waals surface area (Å²) in [5, 5.41) is 0.474. The van der Waals surface area contributed by atoms with Gasteiger partial charge in [-0.05, 0) is 18.2 Å². The minimum atomic E-state index is -0.0550. The second-order valence-electron chi connectivity index (χ2n) is 4.39. The molecule has 1 aromatic heterocycles. The highest BCUT2D eigenvalue weighted by Crippen LogP contribution is 2.23. The minimum absolute atomic E-state index is 0.0550. The maximum atomic E-state index is 12.5. The van der Waals surface area contributed by atoms with Gasteiger partial charge in [0, 0.05) is 30.0 Å². The average Bonchev–Trinajstić information content (AvgIpc) is 2.88. The summed E-state index contributed by atoms with van der Waals surface area (Å²) in [7, 11) is 0. The molecule has 4 nitrogen and oxygen atoms in total. The van der Waals surface area contributed by atoms with Crippen molar-refractivity contribution >= 4 is 33.4 Å². The third-order valence-electron chi connectivity index (χ3n) is 3.19. The smallest absolute Gasteiger partial charge is 0.255 e. The van der Waals surface area contributed by atoms with Crippen LogP contribution in [0.15, 0.2) is 35.1 Å². The predicted molar refractivity (Wildman–Crippen MR) is 76.1 cm³/mol. The van der Waals surface area contributed by atoms with Gasteiger partial charge in [-0.3, -0.25) is 4.79 Å². The zero-order valence-corrected chi connectivity index (χ0v) is 12.4. The topological polar surface area (TPSA) is 38.1 Å². The van der Waals surface area contributed by atoms with E-state index < -0.39 is 0 Å². The Labute approximate surface area is 124 Å². The molecule has 0 atom stereocenters. The molecule has 0 fully saturated rings. The van der Waals surface area contributed by atoms with Crippen molar-refractivity contribution in [1.82, 2.24) is 14.5 Å². The van der Waals surface area contributed by atoms with Crippen LogP contribution in [0.25, 0.3) is 0 Å². The Morgan fingerprint density at radius 3 is 3.05 bits per heavy atom. The van der Waals surface area contributed by atoms with E-state index in [9.17, 15) is 4.79 Å². The molecule has 2 heterocycles. The molecule has 1 aliphatic heterocycles. The zero-order valence-electron chi connectivity index (χ0n) is 10.0.